The molecule has 4 heteroatoms. The highest BCUT2D eigenvalue weighted by molar-refractivity contribution is 5.94. The quantitative estimate of drug-likeness (QED) is 0.708. The zero-order chi connectivity index (χ0) is 17.9. The zero-order valence-corrected chi connectivity index (χ0v) is 15.3. The maximum absolute atomic E-state index is 12.4. The average Bonchev–Trinajstić information content (AvgIpc) is 3.00. The fourth-order valence-corrected chi connectivity index (χ4v) is 3.89. The molecule has 0 radical (unpaired) electrons. The molecule has 1 aliphatic rings. The van der Waals surface area contributed by atoms with Crippen molar-refractivity contribution in [3.05, 3.63) is 65.0 Å². The number of nitrogens with zero attached hydrogens (tertiary/aromatic N) is 2. The summed E-state index contributed by atoms with van der Waals surface area (Å²) in [4.78, 5) is 17.0. The zero-order valence-electron chi connectivity index (χ0n) is 15.3. The highest BCUT2D eigenvalue weighted by Gasteiger charge is 2.13. The molecule has 0 bridgehead atoms. The number of benzene rings is 2. The van der Waals surface area contributed by atoms with Gasteiger partial charge in [-0.25, -0.2) is 4.98 Å². The summed E-state index contributed by atoms with van der Waals surface area (Å²) in [6, 6.07) is 14.4. The predicted molar refractivity (Wildman–Crippen MR) is 105 cm³/mol. The summed E-state index contributed by atoms with van der Waals surface area (Å²) in [5, 5.41) is 3.06. The third-order valence-corrected chi connectivity index (χ3v) is 5.30. The molecule has 1 amide bonds. The Hall–Kier alpha value is -2.62. The summed E-state index contributed by atoms with van der Waals surface area (Å²) < 4.78 is 2.22. The Labute approximate surface area is 154 Å². The number of imidazole rings is 1. The van der Waals surface area contributed by atoms with Crippen LogP contribution >= 0.6 is 0 Å². The molecule has 1 N–H and O–H groups in total. The van der Waals surface area contributed by atoms with E-state index in [4.69, 9.17) is 0 Å². The molecule has 4 nitrogen and oxygen atoms in total. The molecule has 0 fully saturated rings. The number of hydrogen-bond donors (Lipinski definition) is 1. The van der Waals surface area contributed by atoms with Crippen molar-refractivity contribution in [1.82, 2.24) is 14.9 Å². The second kappa shape index (κ2) is 7.32. The van der Waals surface area contributed by atoms with E-state index in [1.165, 1.54) is 24.0 Å². The van der Waals surface area contributed by atoms with Gasteiger partial charge in [-0.2, -0.15) is 0 Å². The molecular weight excluding hydrogens is 322 g/mol. The van der Waals surface area contributed by atoms with Crippen LogP contribution in [0.15, 0.2) is 42.5 Å². The van der Waals surface area contributed by atoms with Gasteiger partial charge in [-0.05, 0) is 74.4 Å². The lowest BCUT2D eigenvalue weighted by atomic mass is 9.90. The predicted octanol–water partition coefficient (Wildman–Crippen LogP) is 4.04. The molecule has 0 saturated heterocycles. The number of nitrogens with one attached hydrogen (secondary N) is 1. The van der Waals surface area contributed by atoms with Crippen molar-refractivity contribution >= 4 is 16.9 Å². The number of aromatic nitrogens is 2. The van der Waals surface area contributed by atoms with Crippen molar-refractivity contribution in [2.45, 2.75) is 45.6 Å². The highest BCUT2D eigenvalue weighted by atomic mass is 16.1. The standard InChI is InChI=1S/C22H25N3O/c1-16-24-20-9-4-5-10-21(20)25(16)14-6-13-23-22(26)19-12-11-17-7-2-3-8-18(17)15-19/h4-5,9-12,15H,2-3,6-8,13-14H2,1H3,(H,23,26). The van der Waals surface area contributed by atoms with Crippen LogP contribution in [0.4, 0.5) is 0 Å². The van der Waals surface area contributed by atoms with E-state index >= 15 is 0 Å². The Kier molecular flexibility index (Phi) is 4.74. The van der Waals surface area contributed by atoms with Crippen LogP contribution in [-0.2, 0) is 19.4 Å². The highest BCUT2D eigenvalue weighted by Crippen LogP contribution is 2.22. The minimum atomic E-state index is 0.0329. The monoisotopic (exact) mass is 347 g/mol. The van der Waals surface area contributed by atoms with Crippen LogP contribution in [-0.4, -0.2) is 22.0 Å². The third kappa shape index (κ3) is 3.36. The van der Waals surface area contributed by atoms with Gasteiger partial charge in [0.1, 0.15) is 5.82 Å². The summed E-state index contributed by atoms with van der Waals surface area (Å²) in [6.45, 7) is 3.56. The molecule has 1 heterocycles. The number of rotatable bonds is 5. The average molecular weight is 347 g/mol. The second-order valence-corrected chi connectivity index (χ2v) is 7.10. The molecule has 0 aliphatic heterocycles. The van der Waals surface area contributed by atoms with Crippen molar-refractivity contribution in [2.75, 3.05) is 6.54 Å². The lowest BCUT2D eigenvalue weighted by molar-refractivity contribution is 0.0952. The van der Waals surface area contributed by atoms with Gasteiger partial charge < -0.3 is 9.88 Å². The number of carbonyl (C=O) groups excluding carboxylic acids is 1. The molecule has 2 aromatic carbocycles. The molecule has 0 spiro atoms. The van der Waals surface area contributed by atoms with Crippen LogP contribution in [0.1, 0.15) is 46.6 Å². The van der Waals surface area contributed by atoms with Crippen LogP contribution in [0.25, 0.3) is 11.0 Å². The fraction of sp³-hybridized carbons (Fsp3) is 0.364. The van der Waals surface area contributed by atoms with Crippen LogP contribution in [0.2, 0.25) is 0 Å². The Morgan fingerprint density at radius 1 is 1.12 bits per heavy atom. The molecule has 0 atom stereocenters. The second-order valence-electron chi connectivity index (χ2n) is 7.10. The first-order valence-electron chi connectivity index (χ1n) is 9.54. The Balaban J connectivity index is 1.34. The Morgan fingerprint density at radius 3 is 2.81 bits per heavy atom. The first-order valence-corrected chi connectivity index (χ1v) is 9.54. The largest absolute Gasteiger partial charge is 0.352 e. The smallest absolute Gasteiger partial charge is 0.251 e. The minimum absolute atomic E-state index is 0.0329. The summed E-state index contributed by atoms with van der Waals surface area (Å²) in [5.41, 5.74) is 5.74. The molecule has 0 saturated carbocycles. The topological polar surface area (TPSA) is 46.9 Å². The number of amides is 1. The lowest BCUT2D eigenvalue weighted by Gasteiger charge is -2.16. The lowest BCUT2D eigenvalue weighted by Crippen LogP contribution is -2.25. The SMILES string of the molecule is Cc1nc2ccccc2n1CCCNC(=O)c1ccc2c(c1)CCCC2. The van der Waals surface area contributed by atoms with E-state index in [0.717, 1.165) is 48.2 Å². The molecule has 3 aromatic rings. The summed E-state index contributed by atoms with van der Waals surface area (Å²) >= 11 is 0. The number of aryl methyl sites for hydroxylation is 4. The summed E-state index contributed by atoms with van der Waals surface area (Å²) in [7, 11) is 0. The molecule has 134 valence electrons. The van der Waals surface area contributed by atoms with E-state index in [-0.39, 0.29) is 5.91 Å². The van der Waals surface area contributed by atoms with Crippen LogP contribution in [0.5, 0.6) is 0 Å². The molecule has 26 heavy (non-hydrogen) atoms. The first-order chi connectivity index (χ1) is 12.7. The van der Waals surface area contributed by atoms with E-state index in [1.54, 1.807) is 0 Å². The van der Waals surface area contributed by atoms with Gasteiger partial charge in [-0.15, -0.1) is 0 Å². The van der Waals surface area contributed by atoms with Crippen LogP contribution in [0.3, 0.4) is 0 Å². The van der Waals surface area contributed by atoms with E-state index < -0.39 is 0 Å². The number of para-hydroxylation sites is 2. The molecule has 0 unspecified atom stereocenters. The maximum atomic E-state index is 12.4. The van der Waals surface area contributed by atoms with Gasteiger partial charge >= 0.3 is 0 Å². The van der Waals surface area contributed by atoms with Crippen molar-refractivity contribution in [1.29, 1.82) is 0 Å². The Morgan fingerprint density at radius 2 is 1.92 bits per heavy atom. The molecule has 1 aliphatic carbocycles. The van der Waals surface area contributed by atoms with Gasteiger partial charge in [0.25, 0.3) is 5.91 Å². The molecular formula is C22H25N3O. The van der Waals surface area contributed by atoms with Gasteiger partial charge in [0.15, 0.2) is 0 Å². The normalized spacial score (nSPS) is 13.6. The first kappa shape index (κ1) is 16.8. The fourth-order valence-electron chi connectivity index (χ4n) is 3.89. The number of hydrogen-bond acceptors (Lipinski definition) is 2. The number of fused-ring (bicyclic) bond motifs is 2. The van der Waals surface area contributed by atoms with Crippen LogP contribution < -0.4 is 5.32 Å². The van der Waals surface area contributed by atoms with Gasteiger partial charge in [0.05, 0.1) is 11.0 Å². The van der Waals surface area contributed by atoms with Gasteiger partial charge in [-0.3, -0.25) is 4.79 Å². The van der Waals surface area contributed by atoms with Crippen molar-refractivity contribution in [2.24, 2.45) is 0 Å². The molecule has 1 aromatic heterocycles. The van der Waals surface area contributed by atoms with E-state index in [2.05, 4.69) is 33.1 Å². The van der Waals surface area contributed by atoms with E-state index in [1.807, 2.05) is 31.2 Å². The minimum Gasteiger partial charge on any atom is -0.352 e. The number of carbonyl (C=O) groups is 1. The van der Waals surface area contributed by atoms with Gasteiger partial charge in [0.2, 0.25) is 0 Å². The van der Waals surface area contributed by atoms with E-state index in [9.17, 15) is 4.79 Å². The van der Waals surface area contributed by atoms with Crippen LogP contribution in [0, 0.1) is 6.92 Å². The third-order valence-electron chi connectivity index (χ3n) is 5.30. The summed E-state index contributed by atoms with van der Waals surface area (Å²) in [6.07, 6.45) is 5.63. The molecule has 4 rings (SSSR count). The van der Waals surface area contributed by atoms with E-state index in [0.29, 0.717) is 6.54 Å². The van der Waals surface area contributed by atoms with Crippen molar-refractivity contribution in [3.63, 3.8) is 0 Å². The maximum Gasteiger partial charge on any atom is 0.251 e. The summed E-state index contributed by atoms with van der Waals surface area (Å²) in [5.74, 6) is 1.05. The van der Waals surface area contributed by atoms with Gasteiger partial charge in [0, 0.05) is 18.7 Å². The Bertz CT molecular complexity index is 942. The van der Waals surface area contributed by atoms with Crippen molar-refractivity contribution < 1.29 is 4.79 Å². The van der Waals surface area contributed by atoms with Gasteiger partial charge in [-0.1, -0.05) is 18.2 Å². The van der Waals surface area contributed by atoms with Crippen molar-refractivity contribution in [3.8, 4) is 0 Å².